The van der Waals surface area contributed by atoms with Gasteiger partial charge in [-0.3, -0.25) is 14.7 Å². The van der Waals surface area contributed by atoms with E-state index < -0.39 is 0 Å². The van der Waals surface area contributed by atoms with E-state index in [1.54, 1.807) is 0 Å². The standard InChI is InChI=1S/C21H29N5OS.CH2O2/c1-25-15-3-2-4-16(25)12-14(11-15)22-21(27)20-18-13-17(5-6-19(18)23-24-20)26-7-9-28-10-8-26;2-1-3/h5-6,13-16H,2-4,7-12H2,1H3,(H,22,27)(H,23,24);1H,(H,2,3). The first-order valence-electron chi connectivity index (χ1n) is 11.0. The summed E-state index contributed by atoms with van der Waals surface area (Å²) in [5, 5.41) is 18.5. The van der Waals surface area contributed by atoms with Crippen LogP contribution in [0.2, 0.25) is 0 Å². The van der Waals surface area contributed by atoms with Gasteiger partial charge in [0.2, 0.25) is 0 Å². The number of nitrogens with zero attached hydrogens (tertiary/aromatic N) is 3. The number of H-pyrrole nitrogens is 1. The Morgan fingerprint density at radius 1 is 1.26 bits per heavy atom. The number of hydrogen-bond acceptors (Lipinski definition) is 6. The summed E-state index contributed by atoms with van der Waals surface area (Å²) in [6.07, 6.45) is 5.93. The molecule has 1 aromatic carbocycles. The molecule has 0 spiro atoms. The second kappa shape index (κ2) is 9.91. The maximum Gasteiger partial charge on any atom is 0.290 e. The van der Waals surface area contributed by atoms with Crippen LogP contribution in [-0.4, -0.2) is 82.4 Å². The summed E-state index contributed by atoms with van der Waals surface area (Å²) in [5.41, 5.74) is 2.66. The lowest BCUT2D eigenvalue weighted by Crippen LogP contribution is -2.55. The van der Waals surface area contributed by atoms with Crippen LogP contribution in [0.4, 0.5) is 5.69 Å². The number of piperidine rings is 2. The molecule has 2 unspecified atom stereocenters. The molecule has 2 atom stereocenters. The van der Waals surface area contributed by atoms with Crippen molar-refractivity contribution in [3.63, 3.8) is 0 Å². The van der Waals surface area contributed by atoms with Crippen molar-refractivity contribution in [2.75, 3.05) is 36.5 Å². The van der Waals surface area contributed by atoms with Crippen molar-refractivity contribution in [2.24, 2.45) is 0 Å². The molecular formula is C22H31N5O3S. The van der Waals surface area contributed by atoms with E-state index in [1.165, 1.54) is 24.9 Å². The Labute approximate surface area is 186 Å². The zero-order chi connectivity index (χ0) is 21.8. The molecule has 5 rings (SSSR count). The van der Waals surface area contributed by atoms with Gasteiger partial charge in [0.25, 0.3) is 12.4 Å². The van der Waals surface area contributed by atoms with Crippen LogP contribution in [0.1, 0.15) is 42.6 Å². The highest BCUT2D eigenvalue weighted by Crippen LogP contribution is 2.33. The van der Waals surface area contributed by atoms with E-state index in [2.05, 4.69) is 50.6 Å². The molecule has 0 saturated carbocycles. The molecule has 2 aromatic rings. The quantitative estimate of drug-likeness (QED) is 0.624. The number of benzene rings is 1. The number of thioether (sulfide) groups is 1. The smallest absolute Gasteiger partial charge is 0.290 e. The second-order valence-corrected chi connectivity index (χ2v) is 9.78. The number of rotatable bonds is 3. The fourth-order valence-corrected chi connectivity index (χ4v) is 6.08. The van der Waals surface area contributed by atoms with Crippen LogP contribution < -0.4 is 10.2 Å². The number of aromatic amines is 1. The molecule has 1 aromatic heterocycles. The lowest BCUT2D eigenvalue weighted by molar-refractivity contribution is -0.122. The number of amides is 1. The van der Waals surface area contributed by atoms with Gasteiger partial charge in [-0.2, -0.15) is 16.9 Å². The SMILES string of the molecule is CN1C2CCCC1CC(NC(=O)c1n[nH]c3ccc(N4CCSCC4)cc13)C2.O=CO. The van der Waals surface area contributed by atoms with Gasteiger partial charge in [0.1, 0.15) is 0 Å². The van der Waals surface area contributed by atoms with Crippen molar-refractivity contribution in [1.29, 1.82) is 0 Å². The zero-order valence-electron chi connectivity index (χ0n) is 17.9. The van der Waals surface area contributed by atoms with E-state index in [-0.39, 0.29) is 18.4 Å². The van der Waals surface area contributed by atoms with Crippen molar-refractivity contribution >= 4 is 40.7 Å². The van der Waals surface area contributed by atoms with Crippen molar-refractivity contribution in [2.45, 2.75) is 50.2 Å². The third-order valence-corrected chi connectivity index (χ3v) is 7.76. The molecule has 4 heterocycles. The minimum atomic E-state index is -0.250. The average Bonchev–Trinajstić information content (AvgIpc) is 3.19. The Morgan fingerprint density at radius 3 is 2.61 bits per heavy atom. The summed E-state index contributed by atoms with van der Waals surface area (Å²) in [6, 6.07) is 7.79. The highest BCUT2D eigenvalue weighted by molar-refractivity contribution is 7.99. The van der Waals surface area contributed by atoms with Crippen LogP contribution in [-0.2, 0) is 4.79 Å². The normalized spacial score (nSPS) is 26.1. The fourth-order valence-electron chi connectivity index (χ4n) is 5.18. The minimum absolute atomic E-state index is 0.0368. The van der Waals surface area contributed by atoms with E-state index in [9.17, 15) is 4.79 Å². The molecule has 31 heavy (non-hydrogen) atoms. The first kappa shape index (κ1) is 22.0. The summed E-state index contributed by atoms with van der Waals surface area (Å²) in [6.45, 7) is 1.88. The van der Waals surface area contributed by atoms with Gasteiger partial charge in [0, 0.05) is 53.8 Å². The van der Waals surface area contributed by atoms with Crippen molar-refractivity contribution < 1.29 is 14.7 Å². The maximum absolute atomic E-state index is 13.1. The largest absolute Gasteiger partial charge is 0.483 e. The van der Waals surface area contributed by atoms with Gasteiger partial charge in [0.15, 0.2) is 5.69 Å². The van der Waals surface area contributed by atoms with E-state index in [0.29, 0.717) is 17.8 Å². The first-order valence-corrected chi connectivity index (χ1v) is 12.2. The summed E-state index contributed by atoms with van der Waals surface area (Å²) in [5.74, 6) is 2.29. The van der Waals surface area contributed by atoms with Crippen LogP contribution in [0.15, 0.2) is 18.2 Å². The Balaban J connectivity index is 0.000000730. The van der Waals surface area contributed by atoms with Gasteiger partial charge >= 0.3 is 0 Å². The number of aromatic nitrogens is 2. The molecule has 3 aliphatic heterocycles. The summed E-state index contributed by atoms with van der Waals surface area (Å²) < 4.78 is 0. The number of carboxylic acid groups (broad SMARTS) is 1. The van der Waals surface area contributed by atoms with Gasteiger partial charge < -0.3 is 20.2 Å². The predicted octanol–water partition coefficient (Wildman–Crippen LogP) is 2.56. The monoisotopic (exact) mass is 445 g/mol. The lowest BCUT2D eigenvalue weighted by atomic mass is 9.82. The molecule has 1 amide bonds. The topological polar surface area (TPSA) is 102 Å². The molecule has 9 heteroatoms. The third kappa shape index (κ3) is 4.82. The first-order chi connectivity index (χ1) is 15.1. The molecule has 0 aliphatic carbocycles. The zero-order valence-corrected chi connectivity index (χ0v) is 18.7. The summed E-state index contributed by atoms with van der Waals surface area (Å²) >= 11 is 2.01. The molecule has 3 saturated heterocycles. The van der Waals surface area contributed by atoms with Gasteiger partial charge in [-0.15, -0.1) is 0 Å². The van der Waals surface area contributed by atoms with Gasteiger partial charge in [-0.05, 0) is 50.9 Å². The summed E-state index contributed by atoms with van der Waals surface area (Å²) in [7, 11) is 2.24. The summed E-state index contributed by atoms with van der Waals surface area (Å²) in [4.78, 5) is 26.3. The highest BCUT2D eigenvalue weighted by atomic mass is 32.2. The van der Waals surface area contributed by atoms with E-state index in [4.69, 9.17) is 9.90 Å². The van der Waals surface area contributed by atoms with Crippen LogP contribution in [0, 0.1) is 0 Å². The number of anilines is 1. The fraction of sp³-hybridized carbons (Fsp3) is 0.591. The molecule has 2 bridgehead atoms. The van der Waals surface area contributed by atoms with Crippen molar-refractivity contribution in [3.05, 3.63) is 23.9 Å². The molecule has 168 valence electrons. The number of fused-ring (bicyclic) bond motifs is 3. The number of nitrogens with one attached hydrogen (secondary N) is 2. The molecule has 8 nitrogen and oxygen atoms in total. The predicted molar refractivity (Wildman–Crippen MR) is 124 cm³/mol. The Morgan fingerprint density at radius 2 is 1.94 bits per heavy atom. The maximum atomic E-state index is 13.1. The van der Waals surface area contributed by atoms with Crippen LogP contribution >= 0.6 is 11.8 Å². The molecule has 3 aliphatic rings. The minimum Gasteiger partial charge on any atom is -0.483 e. The van der Waals surface area contributed by atoms with Crippen LogP contribution in [0.5, 0.6) is 0 Å². The van der Waals surface area contributed by atoms with Gasteiger partial charge in [-0.25, -0.2) is 0 Å². The molecule has 3 fully saturated rings. The number of carbonyl (C=O) groups excluding carboxylic acids is 1. The van der Waals surface area contributed by atoms with Crippen LogP contribution in [0.3, 0.4) is 0 Å². The number of carbonyl (C=O) groups is 2. The van der Waals surface area contributed by atoms with Crippen molar-refractivity contribution in [3.8, 4) is 0 Å². The highest BCUT2D eigenvalue weighted by Gasteiger charge is 2.36. The molecular weight excluding hydrogens is 414 g/mol. The Hall–Kier alpha value is -2.26. The average molecular weight is 446 g/mol. The van der Waals surface area contributed by atoms with Crippen molar-refractivity contribution in [1.82, 2.24) is 20.4 Å². The lowest BCUT2D eigenvalue weighted by Gasteiger charge is -2.47. The van der Waals surface area contributed by atoms with Gasteiger partial charge in [0.05, 0.1) is 5.52 Å². The second-order valence-electron chi connectivity index (χ2n) is 8.55. The molecule has 3 N–H and O–H groups in total. The Bertz CT molecular complexity index is 900. The van der Waals surface area contributed by atoms with E-state index in [0.717, 1.165) is 48.3 Å². The number of hydrogen-bond donors (Lipinski definition) is 3. The van der Waals surface area contributed by atoms with Gasteiger partial charge in [-0.1, -0.05) is 6.42 Å². The van der Waals surface area contributed by atoms with E-state index >= 15 is 0 Å². The molecule has 0 radical (unpaired) electrons. The van der Waals surface area contributed by atoms with Crippen LogP contribution in [0.25, 0.3) is 10.9 Å². The van der Waals surface area contributed by atoms with E-state index in [1.807, 2.05) is 11.8 Å². The Kier molecular flexibility index (Phi) is 7.02. The third-order valence-electron chi connectivity index (χ3n) is 6.81.